The molecule has 0 aliphatic carbocycles. The summed E-state index contributed by atoms with van der Waals surface area (Å²) >= 11 is 0. The summed E-state index contributed by atoms with van der Waals surface area (Å²) in [4.78, 5) is 11.8. The van der Waals surface area contributed by atoms with Crippen molar-refractivity contribution in [2.75, 3.05) is 5.32 Å². The van der Waals surface area contributed by atoms with Gasteiger partial charge in [0.15, 0.2) is 0 Å². The maximum absolute atomic E-state index is 12.8. The highest BCUT2D eigenvalue weighted by Gasteiger charge is 2.09. The monoisotopic (exact) mass is 355 g/mol. The van der Waals surface area contributed by atoms with Crippen molar-refractivity contribution in [3.05, 3.63) is 59.9 Å². The Balaban J connectivity index is 1.78. The van der Waals surface area contributed by atoms with Gasteiger partial charge in [-0.15, -0.1) is 0 Å². The molecular formula is C16H15F2NO4S. The van der Waals surface area contributed by atoms with Crippen LogP contribution in [0.4, 0.5) is 14.0 Å². The Hall–Kier alpha value is -2.48. The first-order chi connectivity index (χ1) is 11.3. The number of aryl methyl sites for hydroxylation is 1. The normalized spacial score (nSPS) is 11.1. The summed E-state index contributed by atoms with van der Waals surface area (Å²) in [7, 11) is -5.06. The number of carbonyl (C=O) groups is 1. The van der Waals surface area contributed by atoms with Gasteiger partial charge in [0, 0.05) is 12.1 Å². The molecule has 0 saturated heterocycles. The first-order valence-corrected chi connectivity index (χ1v) is 8.41. The van der Waals surface area contributed by atoms with Gasteiger partial charge < -0.3 is 9.50 Å². The van der Waals surface area contributed by atoms with Gasteiger partial charge in [-0.2, -0.15) is 8.42 Å². The number of benzene rings is 2. The van der Waals surface area contributed by atoms with Crippen molar-refractivity contribution in [2.45, 2.75) is 19.3 Å². The third-order valence-electron chi connectivity index (χ3n) is 3.12. The minimum absolute atomic E-state index is 0.188. The summed E-state index contributed by atoms with van der Waals surface area (Å²) in [6.45, 7) is 0. The lowest BCUT2D eigenvalue weighted by Gasteiger charge is -2.06. The van der Waals surface area contributed by atoms with Gasteiger partial charge in [-0.05, 0) is 54.8 Å². The minimum atomic E-state index is -5.06. The number of anilines is 1. The molecule has 0 aliphatic rings. The summed E-state index contributed by atoms with van der Waals surface area (Å²) in [6.07, 6.45) is 1.52. The van der Waals surface area contributed by atoms with E-state index in [9.17, 15) is 21.5 Å². The van der Waals surface area contributed by atoms with E-state index < -0.39 is 10.5 Å². The van der Waals surface area contributed by atoms with Gasteiger partial charge in [-0.3, -0.25) is 4.79 Å². The lowest BCUT2D eigenvalue weighted by Crippen LogP contribution is -2.11. The van der Waals surface area contributed by atoms with E-state index in [0.717, 1.165) is 5.56 Å². The van der Waals surface area contributed by atoms with Crippen LogP contribution in [-0.4, -0.2) is 14.3 Å². The van der Waals surface area contributed by atoms with Crippen LogP contribution in [0.25, 0.3) is 0 Å². The summed E-state index contributed by atoms with van der Waals surface area (Å²) in [6, 6.07) is 11.3. The third-order valence-corrected chi connectivity index (χ3v) is 3.51. The lowest BCUT2D eigenvalue weighted by molar-refractivity contribution is -0.116. The van der Waals surface area contributed by atoms with Crippen LogP contribution in [0.5, 0.6) is 5.75 Å². The largest absolute Gasteiger partial charge is 0.488 e. The predicted octanol–water partition coefficient (Wildman–Crippen LogP) is 3.38. The molecule has 0 fully saturated rings. The highest BCUT2D eigenvalue weighted by Crippen LogP contribution is 2.18. The van der Waals surface area contributed by atoms with Gasteiger partial charge >= 0.3 is 10.5 Å². The molecule has 1 N–H and O–H groups in total. The molecule has 2 rings (SSSR count). The van der Waals surface area contributed by atoms with E-state index >= 15 is 0 Å². The standard InChI is InChI=1S/C16H15F2NO4S/c17-13-6-4-12(5-7-13)2-1-3-16(20)19-14-8-10-15(11-9-14)23-24(18,21)22/h4-11H,1-3H2,(H,19,20). The molecule has 0 radical (unpaired) electrons. The van der Waals surface area contributed by atoms with E-state index in [1.165, 1.54) is 36.4 Å². The fourth-order valence-electron chi connectivity index (χ4n) is 2.04. The second-order valence-electron chi connectivity index (χ2n) is 5.03. The molecular weight excluding hydrogens is 340 g/mol. The number of rotatable bonds is 7. The Kier molecular flexibility index (Phi) is 5.86. The molecule has 0 bridgehead atoms. The molecule has 24 heavy (non-hydrogen) atoms. The second-order valence-corrected chi connectivity index (χ2v) is 5.98. The summed E-state index contributed by atoms with van der Waals surface area (Å²) in [5, 5.41) is 2.63. The quantitative estimate of drug-likeness (QED) is 0.773. The zero-order valence-electron chi connectivity index (χ0n) is 12.5. The van der Waals surface area contributed by atoms with E-state index in [0.29, 0.717) is 18.5 Å². The van der Waals surface area contributed by atoms with Crippen LogP contribution in [-0.2, 0) is 21.7 Å². The van der Waals surface area contributed by atoms with Crippen molar-refractivity contribution < 1.29 is 25.7 Å². The molecule has 0 spiro atoms. The maximum Gasteiger partial charge on any atom is 0.488 e. The Bertz CT molecular complexity index is 790. The van der Waals surface area contributed by atoms with Crippen LogP contribution >= 0.6 is 0 Å². The molecule has 0 heterocycles. The predicted molar refractivity (Wildman–Crippen MR) is 85.1 cm³/mol. The molecule has 0 aliphatic heterocycles. The van der Waals surface area contributed by atoms with Crippen LogP contribution in [0.15, 0.2) is 48.5 Å². The topological polar surface area (TPSA) is 72.5 Å². The number of nitrogens with one attached hydrogen (secondary N) is 1. The van der Waals surface area contributed by atoms with Gasteiger partial charge in [0.2, 0.25) is 5.91 Å². The van der Waals surface area contributed by atoms with Crippen molar-refractivity contribution in [2.24, 2.45) is 0 Å². The summed E-state index contributed by atoms with van der Waals surface area (Å²) < 4.78 is 49.8. The van der Waals surface area contributed by atoms with Crippen molar-refractivity contribution in [3.8, 4) is 5.75 Å². The SMILES string of the molecule is O=C(CCCc1ccc(F)cc1)Nc1ccc(OS(=O)(=O)F)cc1. The zero-order valence-corrected chi connectivity index (χ0v) is 13.4. The van der Waals surface area contributed by atoms with Crippen LogP contribution < -0.4 is 9.50 Å². The van der Waals surface area contributed by atoms with Crippen molar-refractivity contribution in [1.82, 2.24) is 0 Å². The number of amides is 1. The van der Waals surface area contributed by atoms with Crippen LogP contribution in [0.3, 0.4) is 0 Å². The fraction of sp³-hybridized carbons (Fsp3) is 0.188. The smallest absolute Gasteiger partial charge is 0.358 e. The van der Waals surface area contributed by atoms with Crippen LogP contribution in [0, 0.1) is 5.82 Å². The van der Waals surface area contributed by atoms with E-state index in [2.05, 4.69) is 9.50 Å². The van der Waals surface area contributed by atoms with Crippen molar-refractivity contribution in [3.63, 3.8) is 0 Å². The molecule has 8 heteroatoms. The first kappa shape index (κ1) is 17.9. The van der Waals surface area contributed by atoms with Gasteiger partial charge in [0.25, 0.3) is 0 Å². The number of hydrogen-bond donors (Lipinski definition) is 1. The van der Waals surface area contributed by atoms with Crippen LogP contribution in [0.1, 0.15) is 18.4 Å². The average Bonchev–Trinajstić information content (AvgIpc) is 2.50. The molecule has 1 amide bonds. The Morgan fingerprint density at radius 1 is 1.04 bits per heavy atom. The lowest BCUT2D eigenvalue weighted by atomic mass is 10.1. The molecule has 128 valence electrons. The minimum Gasteiger partial charge on any atom is -0.358 e. The van der Waals surface area contributed by atoms with Gasteiger partial charge in [-0.1, -0.05) is 16.0 Å². The summed E-state index contributed by atoms with van der Waals surface area (Å²) in [5.74, 6) is -0.708. The molecule has 0 unspecified atom stereocenters. The number of halogens is 2. The number of carbonyl (C=O) groups excluding carboxylic acids is 1. The van der Waals surface area contributed by atoms with E-state index in [1.54, 1.807) is 12.1 Å². The van der Waals surface area contributed by atoms with Gasteiger partial charge in [0.05, 0.1) is 0 Å². The fourth-order valence-corrected chi connectivity index (χ4v) is 2.38. The van der Waals surface area contributed by atoms with E-state index in [-0.39, 0.29) is 23.9 Å². The Morgan fingerprint density at radius 3 is 2.25 bits per heavy atom. The highest BCUT2D eigenvalue weighted by molar-refractivity contribution is 7.81. The average molecular weight is 355 g/mol. The Labute approximate surface area is 138 Å². The highest BCUT2D eigenvalue weighted by atomic mass is 32.3. The second kappa shape index (κ2) is 7.87. The molecule has 0 saturated carbocycles. The zero-order chi connectivity index (χ0) is 17.6. The number of hydrogen-bond acceptors (Lipinski definition) is 4. The molecule has 0 aromatic heterocycles. The van der Waals surface area contributed by atoms with E-state index in [4.69, 9.17) is 0 Å². The van der Waals surface area contributed by atoms with Crippen LogP contribution in [0.2, 0.25) is 0 Å². The first-order valence-electron chi connectivity index (χ1n) is 7.10. The van der Waals surface area contributed by atoms with Crippen molar-refractivity contribution in [1.29, 1.82) is 0 Å². The van der Waals surface area contributed by atoms with E-state index in [1.807, 2.05) is 0 Å². The van der Waals surface area contributed by atoms with Gasteiger partial charge in [-0.25, -0.2) is 4.39 Å². The Morgan fingerprint density at radius 2 is 1.67 bits per heavy atom. The molecule has 5 nitrogen and oxygen atoms in total. The molecule has 2 aromatic carbocycles. The summed E-state index contributed by atoms with van der Waals surface area (Å²) in [5.41, 5.74) is 1.38. The van der Waals surface area contributed by atoms with Gasteiger partial charge in [0.1, 0.15) is 11.6 Å². The third kappa shape index (κ3) is 6.33. The molecule has 0 atom stereocenters. The maximum atomic E-state index is 12.8. The van der Waals surface area contributed by atoms with Crippen molar-refractivity contribution >= 4 is 22.1 Å². The molecule has 2 aromatic rings.